The predicted octanol–water partition coefficient (Wildman–Crippen LogP) is 0.723. The second-order valence-electron chi connectivity index (χ2n) is 7.01. The highest BCUT2D eigenvalue weighted by Crippen LogP contribution is 2.22. The molecule has 0 bridgehead atoms. The van der Waals surface area contributed by atoms with Crippen molar-refractivity contribution in [3.05, 3.63) is 68.1 Å². The Morgan fingerprint density at radius 2 is 2.20 bits per heavy atom. The van der Waals surface area contributed by atoms with E-state index >= 15 is 0 Å². The average Bonchev–Trinajstić information content (AvgIpc) is 3.35. The fourth-order valence-electron chi connectivity index (χ4n) is 2.99. The van der Waals surface area contributed by atoms with E-state index in [9.17, 15) is 9.90 Å². The zero-order valence-corrected chi connectivity index (χ0v) is 16.4. The molecule has 0 aliphatic heterocycles. The lowest BCUT2D eigenvalue weighted by Gasteiger charge is -2.06. The standard InChI is InChI=1S/C19H17ClN8O2/c20-12-3-1-2-10(6-12)8-21-17-25-15-11(7-14-16(29)26-19(30)24-14)9-22-28(15)18(27-17)23-13-4-5-13/h1-3,6-7,9,13,29H,4-5,8H2,(H,21,23,27)(H2,24,26,30)/b11-7+. The van der Waals surface area contributed by atoms with Crippen molar-refractivity contribution in [1.29, 1.82) is 0 Å². The van der Waals surface area contributed by atoms with Gasteiger partial charge in [-0.3, -0.25) is 4.98 Å². The molecule has 1 aliphatic rings. The minimum Gasteiger partial charge on any atom is -0.493 e. The van der Waals surface area contributed by atoms with Crippen LogP contribution in [-0.4, -0.2) is 40.7 Å². The highest BCUT2D eigenvalue weighted by atomic mass is 35.5. The molecule has 0 unspecified atom stereocenters. The van der Waals surface area contributed by atoms with E-state index in [1.165, 1.54) is 0 Å². The van der Waals surface area contributed by atoms with Crippen molar-refractivity contribution in [3.63, 3.8) is 0 Å². The predicted molar refractivity (Wildman–Crippen MR) is 110 cm³/mol. The fourth-order valence-corrected chi connectivity index (χ4v) is 3.20. The van der Waals surface area contributed by atoms with Gasteiger partial charge in [0.2, 0.25) is 11.8 Å². The smallest absolute Gasteiger partial charge is 0.326 e. The summed E-state index contributed by atoms with van der Waals surface area (Å²) in [5, 5.41) is 18.6. The molecule has 1 aliphatic carbocycles. The van der Waals surface area contributed by atoms with Gasteiger partial charge in [-0.05, 0) is 36.6 Å². The highest BCUT2D eigenvalue weighted by molar-refractivity contribution is 6.30. The Morgan fingerprint density at radius 3 is 2.93 bits per heavy atom. The molecule has 0 atom stereocenters. The largest absolute Gasteiger partial charge is 0.493 e. The Kier molecular flexibility index (Phi) is 4.47. The van der Waals surface area contributed by atoms with Gasteiger partial charge in [0.05, 0.1) is 12.2 Å². The molecule has 0 saturated heterocycles. The zero-order chi connectivity index (χ0) is 20.7. The number of nitrogens with zero attached hydrogens (tertiary/aromatic N) is 5. The quantitative estimate of drug-likeness (QED) is 0.372. The van der Waals surface area contributed by atoms with Crippen molar-refractivity contribution in [2.45, 2.75) is 25.4 Å². The van der Waals surface area contributed by atoms with Gasteiger partial charge in [-0.1, -0.05) is 23.7 Å². The maximum Gasteiger partial charge on any atom is 0.326 e. The average molecular weight is 425 g/mol. The Labute approximate surface area is 174 Å². The molecule has 10 nitrogen and oxygen atoms in total. The van der Waals surface area contributed by atoms with Crippen molar-refractivity contribution in [2.75, 3.05) is 5.32 Å². The first-order chi connectivity index (χ1) is 14.5. The number of benzene rings is 1. The third kappa shape index (κ3) is 3.77. The number of imidazole rings is 1. The molecular formula is C19H17ClN8O2. The summed E-state index contributed by atoms with van der Waals surface area (Å²) < 4.78 is 1.55. The summed E-state index contributed by atoms with van der Waals surface area (Å²) in [4.78, 5) is 29.9. The SMILES string of the molecule is O=c1[nH]c(O)c(/C=c2\cnn3c(=NC4CC4)nc(NCc4cccc(Cl)c4)nc23)[nH]1. The summed E-state index contributed by atoms with van der Waals surface area (Å²) in [7, 11) is 0. The van der Waals surface area contributed by atoms with E-state index in [1.54, 1.807) is 16.8 Å². The lowest BCUT2D eigenvalue weighted by atomic mass is 10.2. The molecule has 5 rings (SSSR count). The van der Waals surface area contributed by atoms with E-state index in [0.29, 0.717) is 34.0 Å². The molecule has 11 heteroatoms. The monoisotopic (exact) mass is 424 g/mol. The van der Waals surface area contributed by atoms with Crippen LogP contribution in [0.15, 0.2) is 40.2 Å². The number of hydrogen-bond acceptors (Lipinski definition) is 7. The molecule has 3 aromatic heterocycles. The third-order valence-electron chi connectivity index (χ3n) is 4.60. The summed E-state index contributed by atoms with van der Waals surface area (Å²) >= 11 is 6.05. The van der Waals surface area contributed by atoms with Crippen LogP contribution in [0.4, 0.5) is 5.95 Å². The molecule has 3 heterocycles. The normalized spacial score (nSPS) is 15.2. The van der Waals surface area contributed by atoms with Crippen LogP contribution < -0.4 is 21.8 Å². The van der Waals surface area contributed by atoms with Gasteiger partial charge >= 0.3 is 5.69 Å². The number of aromatic hydroxyl groups is 1. The van der Waals surface area contributed by atoms with Gasteiger partial charge in [-0.2, -0.15) is 19.6 Å². The number of halogens is 1. The van der Waals surface area contributed by atoms with Gasteiger partial charge in [0.25, 0.3) is 5.62 Å². The first-order valence-electron chi connectivity index (χ1n) is 9.36. The van der Waals surface area contributed by atoms with E-state index < -0.39 is 5.69 Å². The van der Waals surface area contributed by atoms with Crippen molar-refractivity contribution in [3.8, 4) is 5.88 Å². The summed E-state index contributed by atoms with van der Waals surface area (Å²) in [5.74, 6) is 0.138. The van der Waals surface area contributed by atoms with Crippen LogP contribution in [0.25, 0.3) is 11.7 Å². The first-order valence-corrected chi connectivity index (χ1v) is 9.74. The Balaban J connectivity index is 1.59. The molecule has 0 radical (unpaired) electrons. The second-order valence-corrected chi connectivity index (χ2v) is 7.45. The summed E-state index contributed by atoms with van der Waals surface area (Å²) in [6.45, 7) is 0.485. The van der Waals surface area contributed by atoms with Crippen molar-refractivity contribution < 1.29 is 5.11 Å². The maximum atomic E-state index is 11.4. The second kappa shape index (κ2) is 7.30. The van der Waals surface area contributed by atoms with Crippen LogP contribution in [-0.2, 0) is 6.54 Å². The Hall–Kier alpha value is -3.66. The number of aromatic amines is 2. The van der Waals surface area contributed by atoms with Gasteiger partial charge in [0, 0.05) is 16.8 Å². The first kappa shape index (κ1) is 18.4. The molecule has 0 spiro atoms. The van der Waals surface area contributed by atoms with Gasteiger partial charge in [-0.25, -0.2) is 9.79 Å². The van der Waals surface area contributed by atoms with E-state index in [0.717, 1.165) is 18.4 Å². The van der Waals surface area contributed by atoms with Crippen molar-refractivity contribution >= 4 is 29.3 Å². The van der Waals surface area contributed by atoms with Crippen LogP contribution in [0, 0.1) is 0 Å². The van der Waals surface area contributed by atoms with Crippen LogP contribution in [0.2, 0.25) is 5.02 Å². The zero-order valence-electron chi connectivity index (χ0n) is 15.6. The summed E-state index contributed by atoms with van der Waals surface area (Å²) in [5.41, 5.74) is 1.67. The summed E-state index contributed by atoms with van der Waals surface area (Å²) in [6.07, 6.45) is 5.22. The molecular weight excluding hydrogens is 408 g/mol. The molecule has 30 heavy (non-hydrogen) atoms. The van der Waals surface area contributed by atoms with E-state index in [-0.39, 0.29) is 17.6 Å². The number of anilines is 1. The van der Waals surface area contributed by atoms with E-state index in [4.69, 9.17) is 11.6 Å². The maximum absolute atomic E-state index is 11.4. The molecule has 152 valence electrons. The summed E-state index contributed by atoms with van der Waals surface area (Å²) in [6, 6.07) is 7.76. The molecule has 1 fully saturated rings. The van der Waals surface area contributed by atoms with Crippen molar-refractivity contribution in [1.82, 2.24) is 29.5 Å². The van der Waals surface area contributed by atoms with Crippen LogP contribution in [0.5, 0.6) is 5.88 Å². The number of rotatable bonds is 5. The lowest BCUT2D eigenvalue weighted by molar-refractivity contribution is 0.454. The van der Waals surface area contributed by atoms with E-state index in [2.05, 4.69) is 35.3 Å². The molecule has 0 amide bonds. The number of H-pyrrole nitrogens is 2. The van der Waals surface area contributed by atoms with Crippen LogP contribution >= 0.6 is 11.6 Å². The van der Waals surface area contributed by atoms with Gasteiger partial charge < -0.3 is 15.4 Å². The Morgan fingerprint density at radius 1 is 1.33 bits per heavy atom. The molecule has 4 N–H and O–H groups in total. The van der Waals surface area contributed by atoms with Gasteiger partial charge in [0.15, 0.2) is 5.65 Å². The molecule has 1 aromatic carbocycles. The number of aromatic nitrogens is 6. The topological polar surface area (TPSA) is 136 Å². The van der Waals surface area contributed by atoms with E-state index in [1.807, 2.05) is 24.3 Å². The Bertz CT molecular complexity index is 1420. The van der Waals surface area contributed by atoms with Gasteiger partial charge in [-0.15, -0.1) is 0 Å². The van der Waals surface area contributed by atoms with Crippen LogP contribution in [0.1, 0.15) is 24.1 Å². The minimum absolute atomic E-state index is 0.239. The molecule has 4 aromatic rings. The fraction of sp³-hybridized carbons (Fsp3) is 0.211. The minimum atomic E-state index is -0.502. The number of fused-ring (bicyclic) bond motifs is 1. The number of nitrogens with one attached hydrogen (secondary N) is 3. The van der Waals surface area contributed by atoms with Gasteiger partial charge in [0.1, 0.15) is 5.69 Å². The number of hydrogen-bond donors (Lipinski definition) is 4. The van der Waals surface area contributed by atoms with Crippen molar-refractivity contribution in [2.24, 2.45) is 4.99 Å². The molecule has 1 saturated carbocycles. The van der Waals surface area contributed by atoms with Crippen LogP contribution in [0.3, 0.4) is 0 Å². The third-order valence-corrected chi connectivity index (χ3v) is 4.83. The lowest BCUT2D eigenvalue weighted by Crippen LogP contribution is -2.24. The highest BCUT2D eigenvalue weighted by Gasteiger charge is 2.21.